The fraction of sp³-hybridized carbons (Fsp3) is 0.278. The van der Waals surface area contributed by atoms with Crippen LogP contribution in [0.1, 0.15) is 25.0 Å². The lowest BCUT2D eigenvalue weighted by molar-refractivity contribution is -0.114. The zero-order chi connectivity index (χ0) is 16.8. The quantitative estimate of drug-likeness (QED) is 0.810. The lowest BCUT2D eigenvalue weighted by Crippen LogP contribution is -2.09. The summed E-state index contributed by atoms with van der Waals surface area (Å²) in [6.07, 6.45) is 0.699. The predicted molar refractivity (Wildman–Crippen MR) is 95.4 cm³/mol. The van der Waals surface area contributed by atoms with Gasteiger partial charge in [0.2, 0.25) is 5.91 Å². The first kappa shape index (κ1) is 17.3. The first-order valence-corrected chi connectivity index (χ1v) is 8.18. The number of amides is 1. The summed E-state index contributed by atoms with van der Waals surface area (Å²) in [5.41, 5.74) is 2.91. The van der Waals surface area contributed by atoms with E-state index in [9.17, 15) is 4.79 Å². The Morgan fingerprint density at radius 3 is 2.48 bits per heavy atom. The van der Waals surface area contributed by atoms with Crippen LogP contribution < -0.4 is 14.8 Å². The van der Waals surface area contributed by atoms with Crippen LogP contribution in [0.4, 0.5) is 5.69 Å². The Morgan fingerprint density at radius 2 is 1.91 bits per heavy atom. The highest BCUT2D eigenvalue weighted by molar-refractivity contribution is 9.10. The van der Waals surface area contributed by atoms with Crippen molar-refractivity contribution in [1.82, 2.24) is 0 Å². The number of carbonyl (C=O) groups is 1. The first-order chi connectivity index (χ1) is 11.0. The molecule has 0 saturated carbocycles. The summed E-state index contributed by atoms with van der Waals surface area (Å²) >= 11 is 3.53. The summed E-state index contributed by atoms with van der Waals surface area (Å²) in [4.78, 5) is 11.5. The lowest BCUT2D eigenvalue weighted by Gasteiger charge is -2.15. The van der Waals surface area contributed by atoms with E-state index < -0.39 is 0 Å². The van der Waals surface area contributed by atoms with Crippen LogP contribution in [-0.4, -0.2) is 19.6 Å². The van der Waals surface area contributed by atoms with E-state index in [-0.39, 0.29) is 5.91 Å². The molecular formula is C18H20BrNO3. The van der Waals surface area contributed by atoms with Gasteiger partial charge in [-0.25, -0.2) is 0 Å². The number of carbonyl (C=O) groups excluding carboxylic acids is 1. The number of rotatable bonds is 6. The van der Waals surface area contributed by atoms with E-state index >= 15 is 0 Å². The van der Waals surface area contributed by atoms with E-state index in [1.807, 2.05) is 43.3 Å². The minimum absolute atomic E-state index is 0.106. The summed E-state index contributed by atoms with van der Waals surface area (Å²) in [7, 11) is 1.65. The molecule has 0 saturated heterocycles. The summed E-state index contributed by atoms with van der Waals surface area (Å²) in [5, 5.41) is 2.88. The number of hydrogen-bond acceptors (Lipinski definition) is 3. The second-order valence-corrected chi connectivity index (χ2v) is 5.93. The normalized spacial score (nSPS) is 10.3. The van der Waals surface area contributed by atoms with Crippen LogP contribution in [0.5, 0.6) is 11.5 Å². The van der Waals surface area contributed by atoms with Crippen LogP contribution in [0, 0.1) is 0 Å². The van der Waals surface area contributed by atoms with Gasteiger partial charge in [0, 0.05) is 18.7 Å². The van der Waals surface area contributed by atoms with E-state index in [1.54, 1.807) is 7.11 Å². The van der Waals surface area contributed by atoms with Crippen LogP contribution in [-0.2, 0) is 11.2 Å². The maximum atomic E-state index is 11.5. The molecule has 0 spiro atoms. The van der Waals surface area contributed by atoms with Crippen molar-refractivity contribution in [3.8, 4) is 11.5 Å². The van der Waals surface area contributed by atoms with E-state index in [4.69, 9.17) is 9.47 Å². The van der Waals surface area contributed by atoms with Crippen LogP contribution in [0.15, 0.2) is 40.9 Å². The molecule has 0 aromatic heterocycles. The Morgan fingerprint density at radius 1 is 1.22 bits per heavy atom. The van der Waals surface area contributed by atoms with Gasteiger partial charge >= 0.3 is 0 Å². The van der Waals surface area contributed by atoms with Crippen LogP contribution >= 0.6 is 15.9 Å². The molecule has 0 fully saturated rings. The lowest BCUT2D eigenvalue weighted by atomic mass is 10.0. The molecule has 4 nitrogen and oxygen atoms in total. The Bertz CT molecular complexity index is 683. The van der Waals surface area contributed by atoms with Crippen molar-refractivity contribution in [2.45, 2.75) is 20.3 Å². The Kier molecular flexibility index (Phi) is 6.04. The van der Waals surface area contributed by atoms with Crippen LogP contribution in [0.2, 0.25) is 0 Å². The fourth-order valence-electron chi connectivity index (χ4n) is 2.28. The molecular weight excluding hydrogens is 358 g/mol. The van der Waals surface area contributed by atoms with Crippen molar-refractivity contribution < 1.29 is 14.3 Å². The molecule has 0 unspecified atom stereocenters. The summed E-state index contributed by atoms with van der Waals surface area (Å²) in [6.45, 7) is 3.99. The zero-order valence-corrected chi connectivity index (χ0v) is 15.1. The number of benzene rings is 2. The Labute approximate surface area is 144 Å². The number of nitrogens with one attached hydrogen (secondary N) is 1. The van der Waals surface area contributed by atoms with Gasteiger partial charge < -0.3 is 14.8 Å². The van der Waals surface area contributed by atoms with Crippen molar-refractivity contribution >= 4 is 27.5 Å². The SMILES string of the molecule is CCOc1cc(NC(C)=O)c(Cc2ccc(OC)cc2)cc1Br. The van der Waals surface area contributed by atoms with Crippen molar-refractivity contribution in [2.24, 2.45) is 0 Å². The second kappa shape index (κ2) is 8.02. The number of methoxy groups -OCH3 is 1. The first-order valence-electron chi connectivity index (χ1n) is 7.39. The number of halogens is 1. The molecule has 0 aliphatic carbocycles. The molecule has 0 heterocycles. The highest BCUT2D eigenvalue weighted by atomic mass is 79.9. The van der Waals surface area contributed by atoms with E-state index in [1.165, 1.54) is 6.92 Å². The average molecular weight is 378 g/mol. The highest BCUT2D eigenvalue weighted by Gasteiger charge is 2.11. The Balaban J connectivity index is 2.34. The largest absolute Gasteiger partial charge is 0.497 e. The van der Waals surface area contributed by atoms with Crippen molar-refractivity contribution in [3.05, 3.63) is 52.0 Å². The summed E-state index contributed by atoms with van der Waals surface area (Å²) in [6, 6.07) is 11.7. The minimum atomic E-state index is -0.106. The van der Waals surface area contributed by atoms with Crippen molar-refractivity contribution in [2.75, 3.05) is 19.0 Å². The zero-order valence-electron chi connectivity index (χ0n) is 13.5. The van der Waals surface area contributed by atoms with Gasteiger partial charge in [-0.15, -0.1) is 0 Å². The third kappa shape index (κ3) is 4.73. The Hall–Kier alpha value is -2.01. The molecule has 5 heteroatoms. The molecule has 0 aliphatic heterocycles. The molecule has 2 aromatic carbocycles. The predicted octanol–water partition coefficient (Wildman–Crippen LogP) is 4.41. The maximum absolute atomic E-state index is 11.5. The van der Waals surface area contributed by atoms with Crippen molar-refractivity contribution in [1.29, 1.82) is 0 Å². The van der Waals surface area contributed by atoms with Gasteiger partial charge in [0.25, 0.3) is 0 Å². The molecule has 0 atom stereocenters. The average Bonchev–Trinajstić information content (AvgIpc) is 2.52. The van der Waals surface area contributed by atoms with Crippen LogP contribution in [0.25, 0.3) is 0 Å². The number of anilines is 1. The van der Waals surface area contributed by atoms with Crippen LogP contribution in [0.3, 0.4) is 0 Å². The fourth-order valence-corrected chi connectivity index (χ4v) is 2.78. The van der Waals surface area contributed by atoms with Crippen molar-refractivity contribution in [3.63, 3.8) is 0 Å². The number of ether oxygens (including phenoxy) is 2. The highest BCUT2D eigenvalue weighted by Crippen LogP contribution is 2.33. The molecule has 0 aliphatic rings. The van der Waals surface area contributed by atoms with E-state index in [2.05, 4.69) is 21.2 Å². The van der Waals surface area contributed by atoms with E-state index in [0.29, 0.717) is 13.0 Å². The molecule has 2 aromatic rings. The van der Waals surface area contributed by atoms with Gasteiger partial charge in [-0.05, 0) is 58.6 Å². The molecule has 1 N–H and O–H groups in total. The van der Waals surface area contributed by atoms with Gasteiger partial charge in [0.1, 0.15) is 11.5 Å². The van der Waals surface area contributed by atoms with Gasteiger partial charge in [-0.3, -0.25) is 4.79 Å². The minimum Gasteiger partial charge on any atom is -0.497 e. The molecule has 122 valence electrons. The third-order valence-corrected chi connectivity index (χ3v) is 3.94. The van der Waals surface area contributed by atoms with Gasteiger partial charge in [-0.2, -0.15) is 0 Å². The summed E-state index contributed by atoms with van der Waals surface area (Å²) in [5.74, 6) is 1.43. The maximum Gasteiger partial charge on any atom is 0.221 e. The molecule has 1 amide bonds. The molecule has 2 rings (SSSR count). The molecule has 23 heavy (non-hydrogen) atoms. The topological polar surface area (TPSA) is 47.6 Å². The summed E-state index contributed by atoms with van der Waals surface area (Å²) < 4.78 is 11.6. The van der Waals surface area contributed by atoms with E-state index in [0.717, 1.165) is 32.8 Å². The number of hydrogen-bond donors (Lipinski definition) is 1. The monoisotopic (exact) mass is 377 g/mol. The second-order valence-electron chi connectivity index (χ2n) is 5.08. The van der Waals surface area contributed by atoms with Gasteiger partial charge in [0.05, 0.1) is 18.2 Å². The van der Waals surface area contributed by atoms with Gasteiger partial charge in [-0.1, -0.05) is 12.1 Å². The van der Waals surface area contributed by atoms with Gasteiger partial charge in [0.15, 0.2) is 0 Å². The smallest absolute Gasteiger partial charge is 0.221 e. The molecule has 0 radical (unpaired) electrons. The standard InChI is InChI=1S/C18H20BrNO3/c1-4-23-18-11-17(20-12(2)21)14(10-16(18)19)9-13-5-7-15(22-3)8-6-13/h5-8,10-11H,4,9H2,1-3H3,(H,20,21). The molecule has 0 bridgehead atoms. The third-order valence-electron chi connectivity index (χ3n) is 3.32.